The van der Waals surface area contributed by atoms with Crippen LogP contribution in [0.15, 0.2) is 48.5 Å². The van der Waals surface area contributed by atoms with Gasteiger partial charge < -0.3 is 5.32 Å². The van der Waals surface area contributed by atoms with Crippen LogP contribution in [0.1, 0.15) is 12.5 Å². The van der Waals surface area contributed by atoms with Crippen LogP contribution in [0.5, 0.6) is 0 Å². The van der Waals surface area contributed by atoms with Gasteiger partial charge in [-0.3, -0.25) is 0 Å². The first-order valence-corrected chi connectivity index (χ1v) is 5.21. The molecule has 2 aromatic rings. The predicted molar refractivity (Wildman–Crippen MR) is 64.4 cm³/mol. The molecule has 0 aliphatic heterocycles. The molecule has 0 amide bonds. The molecule has 0 heterocycles. The maximum absolute atomic E-state index is 3.40. The summed E-state index contributed by atoms with van der Waals surface area (Å²) in [5, 5.41) is 3.40. The summed E-state index contributed by atoms with van der Waals surface area (Å²) >= 11 is 0. The van der Waals surface area contributed by atoms with Crippen LogP contribution >= 0.6 is 0 Å². The Hall–Kier alpha value is -1.76. The molecule has 0 atom stereocenters. The molecule has 0 aliphatic rings. The van der Waals surface area contributed by atoms with Gasteiger partial charge in [0.2, 0.25) is 0 Å². The van der Waals surface area contributed by atoms with Gasteiger partial charge in [-0.05, 0) is 36.2 Å². The smallest absolute Gasteiger partial charge is 0.0416 e. The molecule has 0 unspecified atom stereocenters. The van der Waals surface area contributed by atoms with Crippen LogP contribution in [0.2, 0.25) is 0 Å². The molecule has 1 radical (unpaired) electrons. The summed E-state index contributed by atoms with van der Waals surface area (Å²) in [6, 6.07) is 19.3. The van der Waals surface area contributed by atoms with Crippen molar-refractivity contribution >= 4 is 11.4 Å². The molecule has 0 saturated carbocycles. The zero-order valence-corrected chi connectivity index (χ0v) is 8.83. The summed E-state index contributed by atoms with van der Waals surface area (Å²) in [5.74, 6) is 0. The summed E-state index contributed by atoms with van der Waals surface area (Å²) in [5.41, 5.74) is 3.63. The first-order valence-electron chi connectivity index (χ1n) is 5.21. The fraction of sp³-hybridized carbons (Fsp3) is 0.143. The molecule has 1 nitrogen and oxygen atoms in total. The molecule has 2 rings (SSSR count). The van der Waals surface area contributed by atoms with Gasteiger partial charge in [0.15, 0.2) is 0 Å². The summed E-state index contributed by atoms with van der Waals surface area (Å²) in [6.07, 6.45) is 1.04. The number of hydrogen-bond acceptors (Lipinski definition) is 1. The van der Waals surface area contributed by atoms with E-state index in [-0.39, 0.29) is 0 Å². The van der Waals surface area contributed by atoms with Gasteiger partial charge in [-0.2, -0.15) is 0 Å². The fourth-order valence-electron chi connectivity index (χ4n) is 1.58. The minimum atomic E-state index is 1.04. The van der Waals surface area contributed by atoms with Crippen LogP contribution < -0.4 is 5.32 Å². The number of rotatable bonds is 3. The number of para-hydroxylation sites is 1. The average Bonchev–Trinajstić information content (AvgIpc) is 2.31. The second kappa shape index (κ2) is 4.65. The van der Waals surface area contributed by atoms with Gasteiger partial charge in [0.05, 0.1) is 0 Å². The Morgan fingerprint density at radius 1 is 1.07 bits per heavy atom. The van der Waals surface area contributed by atoms with Crippen molar-refractivity contribution in [1.29, 1.82) is 0 Å². The second-order valence-electron chi connectivity index (χ2n) is 3.42. The van der Waals surface area contributed by atoms with Crippen molar-refractivity contribution < 1.29 is 0 Å². The Labute approximate surface area is 90.8 Å². The van der Waals surface area contributed by atoms with Crippen molar-refractivity contribution in [3.05, 3.63) is 60.2 Å². The van der Waals surface area contributed by atoms with Crippen LogP contribution in [0.3, 0.4) is 0 Å². The van der Waals surface area contributed by atoms with Crippen molar-refractivity contribution in [2.75, 3.05) is 5.32 Å². The van der Waals surface area contributed by atoms with E-state index in [1.54, 1.807) is 0 Å². The largest absolute Gasteiger partial charge is 0.355 e. The summed E-state index contributed by atoms with van der Waals surface area (Å²) in [6.45, 7) is 2.17. The highest BCUT2D eigenvalue weighted by Crippen LogP contribution is 2.20. The van der Waals surface area contributed by atoms with Gasteiger partial charge >= 0.3 is 0 Å². The van der Waals surface area contributed by atoms with E-state index in [9.17, 15) is 0 Å². The Bertz CT molecular complexity index is 420. The standard InChI is InChI=1S/C14H14N/c1-2-12-8-6-7-11-14(12)15-13-9-4-3-5-10-13/h4-11,15H,2H2,1H3. The molecular weight excluding hydrogens is 182 g/mol. The van der Waals surface area contributed by atoms with E-state index in [1.807, 2.05) is 24.3 Å². The zero-order valence-electron chi connectivity index (χ0n) is 8.83. The van der Waals surface area contributed by atoms with Crippen molar-refractivity contribution in [2.45, 2.75) is 13.3 Å². The van der Waals surface area contributed by atoms with E-state index in [0.29, 0.717) is 0 Å². The van der Waals surface area contributed by atoms with Crippen molar-refractivity contribution in [1.82, 2.24) is 0 Å². The number of benzene rings is 2. The molecular formula is C14H14N. The third-order valence-electron chi connectivity index (χ3n) is 2.40. The lowest BCUT2D eigenvalue weighted by Gasteiger charge is -2.10. The highest BCUT2D eigenvalue weighted by molar-refractivity contribution is 5.62. The number of nitrogens with one attached hydrogen (secondary N) is 1. The molecule has 1 N–H and O–H groups in total. The summed E-state index contributed by atoms with van der Waals surface area (Å²) in [4.78, 5) is 0. The Kier molecular flexibility index (Phi) is 3.03. The topological polar surface area (TPSA) is 12.0 Å². The van der Waals surface area contributed by atoms with Crippen molar-refractivity contribution in [2.24, 2.45) is 0 Å². The van der Waals surface area contributed by atoms with E-state index in [4.69, 9.17) is 0 Å². The number of hydrogen-bond donors (Lipinski definition) is 1. The minimum absolute atomic E-state index is 1.04. The van der Waals surface area contributed by atoms with E-state index in [0.717, 1.165) is 12.1 Å². The minimum Gasteiger partial charge on any atom is -0.355 e. The molecule has 0 aliphatic carbocycles. The average molecular weight is 196 g/mol. The molecule has 1 heteroatoms. The second-order valence-corrected chi connectivity index (χ2v) is 3.42. The van der Waals surface area contributed by atoms with Gasteiger partial charge in [-0.15, -0.1) is 0 Å². The van der Waals surface area contributed by atoms with Crippen LogP contribution in [-0.4, -0.2) is 0 Å². The molecule has 0 aromatic heterocycles. The Balaban J connectivity index is 2.24. The van der Waals surface area contributed by atoms with Crippen LogP contribution in [0.25, 0.3) is 0 Å². The van der Waals surface area contributed by atoms with Crippen LogP contribution in [0.4, 0.5) is 11.4 Å². The molecule has 15 heavy (non-hydrogen) atoms. The normalized spacial score (nSPS) is 9.93. The highest BCUT2D eigenvalue weighted by Gasteiger charge is 1.98. The maximum Gasteiger partial charge on any atom is 0.0416 e. The van der Waals surface area contributed by atoms with Crippen molar-refractivity contribution in [3.8, 4) is 0 Å². The molecule has 0 spiro atoms. The van der Waals surface area contributed by atoms with E-state index in [1.165, 1.54) is 11.3 Å². The van der Waals surface area contributed by atoms with E-state index < -0.39 is 0 Å². The predicted octanol–water partition coefficient (Wildman–Crippen LogP) is 3.79. The van der Waals surface area contributed by atoms with Gasteiger partial charge in [0.25, 0.3) is 0 Å². The lowest BCUT2D eigenvalue weighted by atomic mass is 10.1. The summed E-state index contributed by atoms with van der Waals surface area (Å²) in [7, 11) is 0. The molecule has 0 fully saturated rings. The van der Waals surface area contributed by atoms with Gasteiger partial charge in [0.1, 0.15) is 0 Å². The molecule has 2 aromatic carbocycles. The van der Waals surface area contributed by atoms with Gasteiger partial charge in [0, 0.05) is 11.4 Å². The quantitative estimate of drug-likeness (QED) is 0.787. The van der Waals surface area contributed by atoms with Gasteiger partial charge in [-0.25, -0.2) is 0 Å². The fourth-order valence-corrected chi connectivity index (χ4v) is 1.58. The third-order valence-corrected chi connectivity index (χ3v) is 2.40. The van der Waals surface area contributed by atoms with E-state index in [2.05, 4.69) is 42.6 Å². The first-order chi connectivity index (χ1) is 7.40. The number of aryl methyl sites for hydroxylation is 1. The first kappa shape index (κ1) is 9.78. The molecule has 0 saturated heterocycles. The third kappa shape index (κ3) is 2.38. The lowest BCUT2D eigenvalue weighted by molar-refractivity contribution is 1.14. The lowest BCUT2D eigenvalue weighted by Crippen LogP contribution is -1.94. The van der Waals surface area contributed by atoms with Crippen LogP contribution in [-0.2, 0) is 6.42 Å². The molecule has 0 bridgehead atoms. The van der Waals surface area contributed by atoms with E-state index >= 15 is 0 Å². The number of anilines is 2. The Morgan fingerprint density at radius 2 is 1.80 bits per heavy atom. The van der Waals surface area contributed by atoms with Gasteiger partial charge in [-0.1, -0.05) is 37.3 Å². The zero-order chi connectivity index (χ0) is 10.5. The van der Waals surface area contributed by atoms with Crippen molar-refractivity contribution in [3.63, 3.8) is 0 Å². The van der Waals surface area contributed by atoms with Crippen LogP contribution in [0, 0.1) is 6.07 Å². The highest BCUT2D eigenvalue weighted by atomic mass is 14.9. The Morgan fingerprint density at radius 3 is 2.53 bits per heavy atom. The summed E-state index contributed by atoms with van der Waals surface area (Å²) < 4.78 is 0. The molecule has 75 valence electrons. The maximum atomic E-state index is 3.40. The monoisotopic (exact) mass is 196 g/mol. The SMILES string of the molecule is CCc1ccccc1Nc1cc[c]cc1.